The van der Waals surface area contributed by atoms with Gasteiger partial charge < -0.3 is 9.67 Å². The van der Waals surface area contributed by atoms with Gasteiger partial charge in [-0.3, -0.25) is 0 Å². The zero-order chi connectivity index (χ0) is 14.0. The predicted molar refractivity (Wildman–Crippen MR) is 72.3 cm³/mol. The fraction of sp³-hybridized carbons (Fsp3) is 0.400. The molecule has 2 rings (SSSR count). The Balaban J connectivity index is 2.29. The van der Waals surface area contributed by atoms with Crippen LogP contribution in [0.3, 0.4) is 0 Å². The molecule has 0 saturated heterocycles. The first kappa shape index (κ1) is 13.7. The van der Waals surface area contributed by atoms with Crippen LogP contribution in [0.15, 0.2) is 30.6 Å². The van der Waals surface area contributed by atoms with E-state index in [-0.39, 0.29) is 5.82 Å². The standard InChI is InChI=1S/C15H19FN2O/c1-4-18-8-7-17-14(18)10-15(3,19)12-6-5-11(2)13(16)9-12/h5-9,19H,4,10H2,1-3H3. The van der Waals surface area contributed by atoms with Crippen molar-refractivity contribution >= 4 is 0 Å². The van der Waals surface area contributed by atoms with E-state index in [0.717, 1.165) is 12.4 Å². The van der Waals surface area contributed by atoms with E-state index in [1.807, 2.05) is 17.7 Å². The van der Waals surface area contributed by atoms with Crippen LogP contribution in [-0.2, 0) is 18.6 Å². The van der Waals surface area contributed by atoms with Crippen molar-refractivity contribution in [3.8, 4) is 0 Å². The summed E-state index contributed by atoms with van der Waals surface area (Å²) in [5.74, 6) is 0.505. The molecule has 1 heterocycles. The lowest BCUT2D eigenvalue weighted by Gasteiger charge is -2.24. The van der Waals surface area contributed by atoms with Crippen LogP contribution in [0.2, 0.25) is 0 Å². The number of hydrogen-bond acceptors (Lipinski definition) is 2. The molecule has 0 aliphatic carbocycles. The summed E-state index contributed by atoms with van der Waals surface area (Å²) < 4.78 is 15.6. The van der Waals surface area contributed by atoms with Crippen LogP contribution in [0.25, 0.3) is 0 Å². The van der Waals surface area contributed by atoms with Gasteiger partial charge in [-0.15, -0.1) is 0 Å². The Labute approximate surface area is 112 Å². The third-order valence-electron chi connectivity index (χ3n) is 3.44. The molecular weight excluding hydrogens is 243 g/mol. The molecule has 0 aliphatic heterocycles. The highest BCUT2D eigenvalue weighted by Gasteiger charge is 2.26. The zero-order valence-corrected chi connectivity index (χ0v) is 11.5. The van der Waals surface area contributed by atoms with Gasteiger partial charge in [-0.2, -0.15) is 0 Å². The highest BCUT2D eigenvalue weighted by Crippen LogP contribution is 2.26. The second kappa shape index (κ2) is 5.13. The molecule has 2 aromatic rings. The van der Waals surface area contributed by atoms with Crippen LogP contribution in [0.4, 0.5) is 4.39 Å². The molecule has 1 aromatic heterocycles. The predicted octanol–water partition coefficient (Wildman–Crippen LogP) is 2.80. The fourth-order valence-corrected chi connectivity index (χ4v) is 2.13. The van der Waals surface area contributed by atoms with E-state index >= 15 is 0 Å². The van der Waals surface area contributed by atoms with Crippen molar-refractivity contribution in [1.82, 2.24) is 9.55 Å². The average molecular weight is 262 g/mol. The quantitative estimate of drug-likeness (QED) is 0.920. The molecule has 1 N–H and O–H groups in total. The number of imidazole rings is 1. The Hall–Kier alpha value is -1.68. The van der Waals surface area contributed by atoms with Crippen molar-refractivity contribution in [2.75, 3.05) is 0 Å². The molecule has 0 saturated carbocycles. The highest BCUT2D eigenvalue weighted by molar-refractivity contribution is 5.28. The number of hydrogen-bond donors (Lipinski definition) is 1. The molecule has 0 fully saturated rings. The molecule has 3 nitrogen and oxygen atoms in total. The summed E-state index contributed by atoms with van der Waals surface area (Å²) in [6, 6.07) is 4.84. The summed E-state index contributed by atoms with van der Waals surface area (Å²) in [6.45, 7) is 6.21. The molecule has 4 heteroatoms. The highest BCUT2D eigenvalue weighted by atomic mass is 19.1. The molecule has 0 bridgehead atoms. The first-order chi connectivity index (χ1) is 8.94. The SMILES string of the molecule is CCn1ccnc1CC(C)(O)c1ccc(C)c(F)c1. The summed E-state index contributed by atoms with van der Waals surface area (Å²) in [5, 5.41) is 10.6. The van der Waals surface area contributed by atoms with E-state index < -0.39 is 5.60 Å². The summed E-state index contributed by atoms with van der Waals surface area (Å²) in [4.78, 5) is 4.25. The van der Waals surface area contributed by atoms with E-state index in [1.165, 1.54) is 6.07 Å². The zero-order valence-electron chi connectivity index (χ0n) is 11.5. The maximum Gasteiger partial charge on any atom is 0.126 e. The van der Waals surface area contributed by atoms with Crippen molar-refractivity contribution in [3.05, 3.63) is 53.4 Å². The van der Waals surface area contributed by atoms with Crippen LogP contribution in [0.5, 0.6) is 0 Å². The van der Waals surface area contributed by atoms with Crippen molar-refractivity contribution in [1.29, 1.82) is 0 Å². The Morgan fingerprint density at radius 1 is 1.42 bits per heavy atom. The molecule has 102 valence electrons. The largest absolute Gasteiger partial charge is 0.385 e. The van der Waals surface area contributed by atoms with Gasteiger partial charge in [-0.25, -0.2) is 9.37 Å². The van der Waals surface area contributed by atoms with Gasteiger partial charge in [-0.1, -0.05) is 12.1 Å². The Morgan fingerprint density at radius 2 is 2.16 bits per heavy atom. The van der Waals surface area contributed by atoms with Crippen molar-refractivity contribution in [2.24, 2.45) is 0 Å². The summed E-state index contributed by atoms with van der Waals surface area (Å²) in [7, 11) is 0. The number of benzene rings is 1. The smallest absolute Gasteiger partial charge is 0.126 e. The van der Waals surface area contributed by atoms with Gasteiger partial charge in [0.15, 0.2) is 0 Å². The molecular formula is C15H19FN2O. The average Bonchev–Trinajstić information content (AvgIpc) is 2.79. The monoisotopic (exact) mass is 262 g/mol. The molecule has 0 radical (unpaired) electrons. The Bertz CT molecular complexity index is 575. The Morgan fingerprint density at radius 3 is 2.79 bits per heavy atom. The van der Waals surface area contributed by atoms with E-state index in [1.54, 1.807) is 32.2 Å². The van der Waals surface area contributed by atoms with E-state index in [4.69, 9.17) is 0 Å². The maximum atomic E-state index is 13.6. The molecule has 0 aliphatic rings. The lowest BCUT2D eigenvalue weighted by Crippen LogP contribution is -2.26. The lowest BCUT2D eigenvalue weighted by atomic mass is 9.91. The van der Waals surface area contributed by atoms with Gasteiger partial charge >= 0.3 is 0 Å². The number of aryl methyl sites for hydroxylation is 2. The second-order valence-electron chi connectivity index (χ2n) is 5.04. The minimum Gasteiger partial charge on any atom is -0.385 e. The van der Waals surface area contributed by atoms with Crippen molar-refractivity contribution < 1.29 is 9.50 Å². The third-order valence-corrected chi connectivity index (χ3v) is 3.44. The Kier molecular flexibility index (Phi) is 3.71. The van der Waals surface area contributed by atoms with E-state index in [9.17, 15) is 9.50 Å². The summed E-state index contributed by atoms with van der Waals surface area (Å²) in [5.41, 5.74) is 0.0168. The number of rotatable bonds is 4. The van der Waals surface area contributed by atoms with E-state index in [2.05, 4.69) is 4.98 Å². The summed E-state index contributed by atoms with van der Waals surface area (Å²) >= 11 is 0. The van der Waals surface area contributed by atoms with Gasteiger partial charge in [0.05, 0.1) is 5.60 Å². The normalized spacial score (nSPS) is 14.4. The minimum atomic E-state index is -1.13. The van der Waals surface area contributed by atoms with Crippen molar-refractivity contribution in [2.45, 2.75) is 39.3 Å². The number of halogens is 1. The van der Waals surface area contributed by atoms with Gasteiger partial charge in [0.1, 0.15) is 11.6 Å². The molecule has 19 heavy (non-hydrogen) atoms. The first-order valence-corrected chi connectivity index (χ1v) is 6.43. The molecule has 1 unspecified atom stereocenters. The molecule has 0 amide bonds. The van der Waals surface area contributed by atoms with Gasteiger partial charge in [0, 0.05) is 25.4 Å². The van der Waals surface area contributed by atoms with Crippen LogP contribution >= 0.6 is 0 Å². The fourth-order valence-electron chi connectivity index (χ4n) is 2.13. The van der Waals surface area contributed by atoms with Crippen LogP contribution in [0, 0.1) is 12.7 Å². The minimum absolute atomic E-state index is 0.295. The number of aromatic nitrogens is 2. The maximum absolute atomic E-state index is 13.6. The van der Waals surface area contributed by atoms with E-state index in [0.29, 0.717) is 17.5 Å². The third kappa shape index (κ3) is 2.84. The number of nitrogens with zero attached hydrogens (tertiary/aromatic N) is 2. The van der Waals surface area contributed by atoms with Crippen molar-refractivity contribution in [3.63, 3.8) is 0 Å². The molecule has 1 atom stereocenters. The van der Waals surface area contributed by atoms with Crippen LogP contribution < -0.4 is 0 Å². The summed E-state index contributed by atoms with van der Waals surface area (Å²) in [6.07, 6.45) is 3.95. The molecule has 1 aromatic carbocycles. The van der Waals surface area contributed by atoms with Crippen LogP contribution in [0.1, 0.15) is 30.8 Å². The van der Waals surface area contributed by atoms with Gasteiger partial charge in [-0.05, 0) is 38.0 Å². The first-order valence-electron chi connectivity index (χ1n) is 6.43. The topological polar surface area (TPSA) is 38.0 Å². The lowest BCUT2D eigenvalue weighted by molar-refractivity contribution is 0.0542. The second-order valence-corrected chi connectivity index (χ2v) is 5.04. The van der Waals surface area contributed by atoms with Gasteiger partial charge in [0.2, 0.25) is 0 Å². The van der Waals surface area contributed by atoms with Gasteiger partial charge in [0.25, 0.3) is 0 Å². The van der Waals surface area contributed by atoms with Crippen LogP contribution in [-0.4, -0.2) is 14.7 Å². The number of aliphatic hydroxyl groups is 1. The molecule has 0 spiro atoms.